The molecule has 0 N–H and O–H groups in total. The van der Waals surface area contributed by atoms with Crippen LogP contribution < -0.4 is 10.6 Å². The van der Waals surface area contributed by atoms with Crippen molar-refractivity contribution in [2.24, 2.45) is 0 Å². The maximum Gasteiger partial charge on any atom is 0.150 e. The highest BCUT2D eigenvalue weighted by atomic mass is 31.2. The van der Waals surface area contributed by atoms with E-state index in [1.165, 1.54) is 5.56 Å². The number of hydrogen-bond donors (Lipinski definition) is 0. The van der Waals surface area contributed by atoms with Crippen LogP contribution >= 0.6 is 7.14 Å². The highest BCUT2D eigenvalue weighted by Gasteiger charge is 2.35. The molecule has 126 valence electrons. The molecule has 0 saturated heterocycles. The zero-order chi connectivity index (χ0) is 17.9. The predicted molar refractivity (Wildman–Crippen MR) is 109 cm³/mol. The Labute approximate surface area is 150 Å². The first kappa shape index (κ1) is 17.5. The van der Waals surface area contributed by atoms with Crippen molar-refractivity contribution in [3.63, 3.8) is 0 Å². The van der Waals surface area contributed by atoms with Gasteiger partial charge in [-0.1, -0.05) is 104 Å². The third-order valence-corrected chi connectivity index (χ3v) is 8.28. The minimum absolute atomic E-state index is 0.181. The van der Waals surface area contributed by atoms with E-state index in [0.29, 0.717) is 0 Å². The molecule has 0 amide bonds. The molecule has 3 aromatic carbocycles. The Bertz CT molecular complexity index is 852. The van der Waals surface area contributed by atoms with Gasteiger partial charge >= 0.3 is 0 Å². The number of hydrogen-bond acceptors (Lipinski definition) is 1. The summed E-state index contributed by atoms with van der Waals surface area (Å²) in [6, 6.07) is 27.8. The number of benzene rings is 3. The Morgan fingerprint density at radius 1 is 0.800 bits per heavy atom. The lowest BCUT2D eigenvalue weighted by atomic mass is 10.0. The molecule has 0 unspecified atom stereocenters. The van der Waals surface area contributed by atoms with Crippen LogP contribution in [0, 0.1) is 6.92 Å². The fourth-order valence-corrected chi connectivity index (χ4v) is 6.13. The minimum Gasteiger partial charge on any atom is -0.313 e. The fraction of sp³-hybridized carbons (Fsp3) is 0.130. The first-order valence-electron chi connectivity index (χ1n) is 8.50. The van der Waals surface area contributed by atoms with Gasteiger partial charge in [-0.05, 0) is 18.1 Å². The Morgan fingerprint density at radius 3 is 1.68 bits per heavy atom. The second-order valence-corrected chi connectivity index (χ2v) is 9.52. The Kier molecular flexibility index (Phi) is 5.06. The molecule has 25 heavy (non-hydrogen) atoms. The van der Waals surface area contributed by atoms with Gasteiger partial charge in [-0.2, -0.15) is 0 Å². The highest BCUT2D eigenvalue weighted by molar-refractivity contribution is 7.79. The predicted octanol–water partition coefficient (Wildman–Crippen LogP) is 5.41. The van der Waals surface area contributed by atoms with Crippen LogP contribution in [-0.2, 0) is 4.57 Å². The van der Waals surface area contributed by atoms with Crippen LogP contribution in [0.1, 0.15) is 18.1 Å². The van der Waals surface area contributed by atoms with E-state index in [0.717, 1.165) is 21.7 Å². The Morgan fingerprint density at radius 2 is 1.24 bits per heavy atom. The summed E-state index contributed by atoms with van der Waals surface area (Å²) in [7, 11) is -2.85. The standard InChI is InChI=1S/C23H23OP/c1-18-14-16-21(17-15-18)19(2)20(3)25(24,22-10-6-4-7-11-22)23-12-8-5-9-13-23/h4-17,20H,2H2,1,3H3/t20-/m1/s1. The highest BCUT2D eigenvalue weighted by Crippen LogP contribution is 2.52. The molecule has 0 radical (unpaired) electrons. The van der Waals surface area contributed by atoms with Gasteiger partial charge in [0.25, 0.3) is 0 Å². The van der Waals surface area contributed by atoms with E-state index in [4.69, 9.17) is 0 Å². The van der Waals surface area contributed by atoms with Gasteiger partial charge in [0.2, 0.25) is 0 Å². The molecular formula is C23H23OP. The molecule has 0 fully saturated rings. The average Bonchev–Trinajstić information content (AvgIpc) is 2.68. The van der Waals surface area contributed by atoms with Gasteiger partial charge in [0, 0.05) is 16.3 Å². The lowest BCUT2D eigenvalue weighted by Gasteiger charge is -2.28. The molecule has 3 aromatic rings. The van der Waals surface area contributed by atoms with Crippen molar-refractivity contribution >= 4 is 23.3 Å². The molecule has 2 heteroatoms. The Balaban J connectivity index is 2.10. The van der Waals surface area contributed by atoms with Crippen molar-refractivity contribution in [1.82, 2.24) is 0 Å². The molecule has 0 aliphatic carbocycles. The van der Waals surface area contributed by atoms with Crippen LogP contribution in [0.5, 0.6) is 0 Å². The van der Waals surface area contributed by atoms with E-state index in [-0.39, 0.29) is 5.66 Å². The Hall–Kier alpha value is -2.37. The molecule has 0 bridgehead atoms. The van der Waals surface area contributed by atoms with Gasteiger partial charge in [-0.15, -0.1) is 0 Å². The fourth-order valence-electron chi connectivity index (χ4n) is 3.12. The minimum atomic E-state index is -2.85. The summed E-state index contributed by atoms with van der Waals surface area (Å²) in [5, 5.41) is 1.75. The molecule has 0 aliphatic heterocycles. The third-order valence-electron chi connectivity index (χ3n) is 4.75. The van der Waals surface area contributed by atoms with Crippen molar-refractivity contribution in [3.8, 4) is 0 Å². The SMILES string of the molecule is C=C(c1ccc(C)cc1)[C@@H](C)P(=O)(c1ccccc1)c1ccccc1. The van der Waals surface area contributed by atoms with Gasteiger partial charge in [0.1, 0.15) is 7.14 Å². The largest absolute Gasteiger partial charge is 0.313 e. The van der Waals surface area contributed by atoms with Gasteiger partial charge < -0.3 is 4.57 Å². The quantitative estimate of drug-likeness (QED) is 0.565. The molecular weight excluding hydrogens is 323 g/mol. The zero-order valence-electron chi connectivity index (χ0n) is 14.7. The first-order chi connectivity index (χ1) is 12.0. The number of allylic oxidation sites excluding steroid dienone is 1. The van der Waals surface area contributed by atoms with E-state index in [9.17, 15) is 4.57 Å². The van der Waals surface area contributed by atoms with Crippen LogP contribution in [0.15, 0.2) is 91.5 Å². The van der Waals surface area contributed by atoms with Crippen molar-refractivity contribution < 1.29 is 4.57 Å². The second kappa shape index (κ2) is 7.25. The van der Waals surface area contributed by atoms with Crippen LogP contribution in [0.2, 0.25) is 0 Å². The lowest BCUT2D eigenvalue weighted by Crippen LogP contribution is -2.24. The van der Waals surface area contributed by atoms with E-state index >= 15 is 0 Å². The summed E-state index contributed by atoms with van der Waals surface area (Å²) < 4.78 is 14.3. The molecule has 0 spiro atoms. The number of aryl methyl sites for hydroxylation is 1. The zero-order valence-corrected chi connectivity index (χ0v) is 15.6. The van der Waals surface area contributed by atoms with Crippen molar-refractivity contribution in [1.29, 1.82) is 0 Å². The molecule has 0 aromatic heterocycles. The summed E-state index contributed by atoms with van der Waals surface area (Å²) in [6.45, 7) is 8.39. The van der Waals surface area contributed by atoms with E-state index in [1.807, 2.05) is 67.6 Å². The second-order valence-electron chi connectivity index (χ2n) is 6.40. The lowest BCUT2D eigenvalue weighted by molar-refractivity contribution is 0.584. The summed E-state index contributed by atoms with van der Waals surface area (Å²) in [5.74, 6) is 0. The number of rotatable bonds is 5. The maximum absolute atomic E-state index is 14.3. The monoisotopic (exact) mass is 346 g/mol. The summed E-state index contributed by atoms with van der Waals surface area (Å²) in [4.78, 5) is 0. The summed E-state index contributed by atoms with van der Waals surface area (Å²) >= 11 is 0. The van der Waals surface area contributed by atoms with Gasteiger partial charge in [-0.25, -0.2) is 0 Å². The third kappa shape index (κ3) is 3.38. The molecule has 0 heterocycles. The van der Waals surface area contributed by atoms with E-state index in [2.05, 4.69) is 37.8 Å². The van der Waals surface area contributed by atoms with Crippen molar-refractivity contribution in [2.45, 2.75) is 19.5 Å². The molecule has 0 aliphatic rings. The van der Waals surface area contributed by atoms with Crippen molar-refractivity contribution in [2.75, 3.05) is 0 Å². The topological polar surface area (TPSA) is 17.1 Å². The normalized spacial score (nSPS) is 12.6. The van der Waals surface area contributed by atoms with Crippen LogP contribution in [0.3, 0.4) is 0 Å². The maximum atomic E-state index is 14.3. The van der Waals surface area contributed by atoms with Crippen LogP contribution in [0.25, 0.3) is 5.57 Å². The van der Waals surface area contributed by atoms with Crippen LogP contribution in [-0.4, -0.2) is 5.66 Å². The van der Waals surface area contributed by atoms with Gasteiger partial charge in [0.05, 0.1) is 0 Å². The summed E-state index contributed by atoms with van der Waals surface area (Å²) in [6.07, 6.45) is 0. The molecule has 1 nitrogen and oxygen atoms in total. The van der Waals surface area contributed by atoms with Crippen molar-refractivity contribution in [3.05, 3.63) is 103 Å². The van der Waals surface area contributed by atoms with E-state index in [1.54, 1.807) is 0 Å². The van der Waals surface area contributed by atoms with E-state index < -0.39 is 7.14 Å². The average molecular weight is 346 g/mol. The van der Waals surface area contributed by atoms with Gasteiger partial charge in [0.15, 0.2) is 0 Å². The molecule has 0 saturated carbocycles. The molecule has 3 rings (SSSR count). The van der Waals surface area contributed by atoms with Crippen LogP contribution in [0.4, 0.5) is 0 Å². The smallest absolute Gasteiger partial charge is 0.150 e. The van der Waals surface area contributed by atoms with Gasteiger partial charge in [-0.3, -0.25) is 0 Å². The molecule has 1 atom stereocenters. The first-order valence-corrected chi connectivity index (χ1v) is 10.3. The summed E-state index contributed by atoms with van der Waals surface area (Å²) in [5.41, 5.74) is 2.99.